The Morgan fingerprint density at radius 2 is 1.83 bits per heavy atom. The van der Waals surface area contributed by atoms with Gasteiger partial charge in [0.05, 0.1) is 0 Å². The van der Waals surface area contributed by atoms with Crippen molar-refractivity contribution >= 4 is 0 Å². The molecular weight excluding hydrogens is 232 g/mol. The monoisotopic (exact) mass is 253 g/mol. The summed E-state index contributed by atoms with van der Waals surface area (Å²) < 4.78 is 25.7. The van der Waals surface area contributed by atoms with Crippen molar-refractivity contribution in [1.82, 2.24) is 4.98 Å². The molecule has 0 N–H and O–H groups in total. The van der Waals surface area contributed by atoms with Gasteiger partial charge < -0.3 is 0 Å². The van der Waals surface area contributed by atoms with E-state index in [4.69, 9.17) is 0 Å². The molecule has 18 heavy (non-hydrogen) atoms. The fraction of sp³-hybridized carbons (Fsp3) is 0.667. The molecule has 100 valence electrons. The number of hydrogen-bond donors (Lipinski definition) is 0. The number of aromatic nitrogens is 1. The van der Waals surface area contributed by atoms with E-state index in [9.17, 15) is 8.78 Å². The summed E-state index contributed by atoms with van der Waals surface area (Å²) in [7, 11) is 0. The lowest BCUT2D eigenvalue weighted by molar-refractivity contribution is 0.258. The first-order valence-electron chi connectivity index (χ1n) is 6.99. The normalized spacial score (nSPS) is 24.2. The van der Waals surface area contributed by atoms with E-state index in [0.717, 1.165) is 30.2 Å². The van der Waals surface area contributed by atoms with Crippen molar-refractivity contribution in [3.05, 3.63) is 29.6 Å². The van der Waals surface area contributed by atoms with E-state index in [1.165, 1.54) is 44.4 Å². The predicted octanol–water partition coefficient (Wildman–Crippen LogP) is 4.51. The van der Waals surface area contributed by atoms with Gasteiger partial charge in [0.1, 0.15) is 0 Å². The van der Waals surface area contributed by atoms with Gasteiger partial charge in [0.15, 0.2) is 5.82 Å². The minimum atomic E-state index is -0.998. The van der Waals surface area contributed by atoms with Gasteiger partial charge in [-0.3, -0.25) is 0 Å². The molecule has 0 unspecified atom stereocenters. The highest BCUT2D eigenvalue weighted by molar-refractivity contribution is 5.11. The van der Waals surface area contributed by atoms with Crippen LogP contribution in [-0.4, -0.2) is 4.98 Å². The van der Waals surface area contributed by atoms with Gasteiger partial charge in [-0.2, -0.15) is 4.39 Å². The summed E-state index contributed by atoms with van der Waals surface area (Å²) in [5.74, 6) is -0.170. The van der Waals surface area contributed by atoms with Gasteiger partial charge in [-0.25, -0.2) is 9.37 Å². The van der Waals surface area contributed by atoms with Gasteiger partial charge in [0, 0.05) is 6.20 Å². The van der Waals surface area contributed by atoms with Crippen LogP contribution in [0.3, 0.4) is 0 Å². The van der Waals surface area contributed by atoms with Crippen LogP contribution in [0, 0.1) is 23.6 Å². The molecule has 3 heteroatoms. The van der Waals surface area contributed by atoms with Gasteiger partial charge in [-0.1, -0.05) is 39.0 Å². The molecule has 0 atom stereocenters. The molecule has 0 aromatic carbocycles. The standard InChI is InChI=1S/C15H21F2N/c1-2-11-3-5-12(6-4-11)7-8-13-9-14(16)15(17)18-10-13/h9-12H,2-8H2,1H3. The summed E-state index contributed by atoms with van der Waals surface area (Å²) >= 11 is 0. The second kappa shape index (κ2) is 6.26. The first-order chi connectivity index (χ1) is 8.69. The second-order valence-corrected chi connectivity index (χ2v) is 5.45. The lowest BCUT2D eigenvalue weighted by Crippen LogP contribution is -2.14. The third-order valence-electron chi connectivity index (χ3n) is 4.24. The minimum Gasteiger partial charge on any atom is -0.225 e. The van der Waals surface area contributed by atoms with Crippen LogP contribution in [0.4, 0.5) is 8.78 Å². The van der Waals surface area contributed by atoms with Crippen molar-refractivity contribution < 1.29 is 8.78 Å². The van der Waals surface area contributed by atoms with Crippen LogP contribution in [0.25, 0.3) is 0 Å². The van der Waals surface area contributed by atoms with E-state index in [1.807, 2.05) is 0 Å². The maximum absolute atomic E-state index is 13.0. The molecule has 1 aliphatic carbocycles. The van der Waals surface area contributed by atoms with Crippen molar-refractivity contribution in [2.24, 2.45) is 11.8 Å². The number of rotatable bonds is 4. The fourth-order valence-electron chi connectivity index (χ4n) is 2.90. The molecule has 1 heterocycles. The molecule has 1 saturated carbocycles. The van der Waals surface area contributed by atoms with Crippen LogP contribution in [0.15, 0.2) is 12.3 Å². The van der Waals surface area contributed by atoms with Crippen LogP contribution in [0.1, 0.15) is 51.0 Å². The second-order valence-electron chi connectivity index (χ2n) is 5.45. The Hall–Kier alpha value is -0.990. The molecule has 2 rings (SSSR count). The van der Waals surface area contributed by atoms with Crippen LogP contribution < -0.4 is 0 Å². The summed E-state index contributed by atoms with van der Waals surface area (Å²) in [6.07, 6.45) is 9.87. The Bertz CT molecular complexity index is 384. The molecule has 1 fully saturated rings. The average molecular weight is 253 g/mol. The van der Waals surface area contributed by atoms with Gasteiger partial charge in [0.25, 0.3) is 0 Å². The van der Waals surface area contributed by atoms with E-state index >= 15 is 0 Å². The highest BCUT2D eigenvalue weighted by Gasteiger charge is 2.19. The molecular formula is C15H21F2N. The SMILES string of the molecule is CCC1CCC(CCc2cnc(F)c(F)c2)CC1. The third kappa shape index (κ3) is 3.50. The van der Waals surface area contributed by atoms with Crippen molar-refractivity contribution in [3.8, 4) is 0 Å². The summed E-state index contributed by atoms with van der Waals surface area (Å²) in [5, 5.41) is 0. The molecule has 0 amide bonds. The van der Waals surface area contributed by atoms with Gasteiger partial charge in [0.2, 0.25) is 5.95 Å². The van der Waals surface area contributed by atoms with Crippen LogP contribution in [0.5, 0.6) is 0 Å². The Morgan fingerprint density at radius 3 is 2.44 bits per heavy atom. The van der Waals surface area contributed by atoms with E-state index in [0.29, 0.717) is 0 Å². The molecule has 0 bridgehead atoms. The number of halogens is 2. The van der Waals surface area contributed by atoms with Crippen LogP contribution in [0.2, 0.25) is 0 Å². The molecule has 1 nitrogen and oxygen atoms in total. The number of hydrogen-bond acceptors (Lipinski definition) is 1. The Labute approximate surface area is 108 Å². The highest BCUT2D eigenvalue weighted by atomic mass is 19.2. The summed E-state index contributed by atoms with van der Waals surface area (Å²) in [5.41, 5.74) is 0.812. The molecule has 1 aromatic heterocycles. The average Bonchev–Trinajstić information content (AvgIpc) is 2.41. The van der Waals surface area contributed by atoms with Crippen molar-refractivity contribution in [3.63, 3.8) is 0 Å². The summed E-state index contributed by atoms with van der Waals surface area (Å²) in [4.78, 5) is 3.43. The molecule has 1 aromatic rings. The zero-order valence-corrected chi connectivity index (χ0v) is 11.0. The Kier molecular flexibility index (Phi) is 4.67. The van der Waals surface area contributed by atoms with Crippen LogP contribution in [-0.2, 0) is 6.42 Å². The Morgan fingerprint density at radius 1 is 1.17 bits per heavy atom. The largest absolute Gasteiger partial charge is 0.248 e. The number of nitrogens with zero attached hydrogens (tertiary/aromatic N) is 1. The lowest BCUT2D eigenvalue weighted by atomic mass is 9.79. The van der Waals surface area contributed by atoms with Gasteiger partial charge >= 0.3 is 0 Å². The van der Waals surface area contributed by atoms with E-state index in [1.54, 1.807) is 0 Å². The molecule has 0 radical (unpaired) electrons. The van der Waals surface area contributed by atoms with Gasteiger partial charge in [-0.15, -0.1) is 0 Å². The van der Waals surface area contributed by atoms with Gasteiger partial charge in [-0.05, 0) is 36.3 Å². The first-order valence-corrected chi connectivity index (χ1v) is 6.99. The van der Waals surface area contributed by atoms with Crippen LogP contribution >= 0.6 is 0 Å². The highest BCUT2D eigenvalue weighted by Crippen LogP contribution is 2.33. The zero-order chi connectivity index (χ0) is 13.0. The number of aryl methyl sites for hydroxylation is 1. The topological polar surface area (TPSA) is 12.9 Å². The summed E-state index contributed by atoms with van der Waals surface area (Å²) in [6, 6.07) is 1.28. The first kappa shape index (κ1) is 13.4. The van der Waals surface area contributed by atoms with Crippen molar-refractivity contribution in [2.45, 2.75) is 51.9 Å². The van der Waals surface area contributed by atoms with E-state index < -0.39 is 11.8 Å². The summed E-state index contributed by atoms with van der Waals surface area (Å²) in [6.45, 7) is 2.26. The Balaban J connectivity index is 1.79. The third-order valence-corrected chi connectivity index (χ3v) is 4.24. The zero-order valence-electron chi connectivity index (χ0n) is 11.0. The van der Waals surface area contributed by atoms with Crippen molar-refractivity contribution in [2.75, 3.05) is 0 Å². The van der Waals surface area contributed by atoms with Crippen molar-refractivity contribution in [1.29, 1.82) is 0 Å². The lowest BCUT2D eigenvalue weighted by Gasteiger charge is -2.27. The molecule has 0 aliphatic heterocycles. The number of pyridine rings is 1. The van der Waals surface area contributed by atoms with E-state index in [-0.39, 0.29) is 0 Å². The molecule has 0 spiro atoms. The molecule has 1 aliphatic rings. The molecule has 0 saturated heterocycles. The smallest absolute Gasteiger partial charge is 0.225 e. The predicted molar refractivity (Wildman–Crippen MR) is 68.2 cm³/mol. The quantitative estimate of drug-likeness (QED) is 0.719. The van der Waals surface area contributed by atoms with E-state index in [2.05, 4.69) is 11.9 Å². The maximum Gasteiger partial charge on any atom is 0.248 e. The fourth-order valence-corrected chi connectivity index (χ4v) is 2.90. The maximum atomic E-state index is 13.0. The minimum absolute atomic E-state index is 0.751.